The Morgan fingerprint density at radius 1 is 1.11 bits per heavy atom. The van der Waals surface area contributed by atoms with E-state index in [0.29, 0.717) is 0 Å². The van der Waals surface area contributed by atoms with Gasteiger partial charge in [-0.3, -0.25) is 4.99 Å². The molecule has 0 saturated carbocycles. The van der Waals surface area contributed by atoms with Crippen molar-refractivity contribution in [3.05, 3.63) is 0 Å². The SMILES string of the molecule is CN=C(NCCC(C)C)NCCN1CCCCC1.I. The molecule has 19 heavy (non-hydrogen) atoms. The van der Waals surface area contributed by atoms with Crippen molar-refractivity contribution < 1.29 is 0 Å². The number of hydrogen-bond acceptors (Lipinski definition) is 2. The molecule has 0 amide bonds. The summed E-state index contributed by atoms with van der Waals surface area (Å²) in [6, 6.07) is 0. The van der Waals surface area contributed by atoms with Crippen molar-refractivity contribution in [1.29, 1.82) is 0 Å². The Balaban J connectivity index is 0.00000324. The van der Waals surface area contributed by atoms with Crippen LogP contribution in [0.2, 0.25) is 0 Å². The second-order valence-corrected chi connectivity index (χ2v) is 5.51. The number of hydrogen-bond donors (Lipinski definition) is 2. The second-order valence-electron chi connectivity index (χ2n) is 5.51. The predicted octanol–water partition coefficient (Wildman–Crippen LogP) is 2.30. The molecular formula is C14H31IN4. The second kappa shape index (κ2) is 11.8. The van der Waals surface area contributed by atoms with Crippen LogP contribution in [-0.2, 0) is 0 Å². The smallest absolute Gasteiger partial charge is 0.191 e. The Morgan fingerprint density at radius 2 is 1.74 bits per heavy atom. The zero-order valence-corrected chi connectivity index (χ0v) is 15.1. The van der Waals surface area contributed by atoms with Crippen molar-refractivity contribution in [2.24, 2.45) is 10.9 Å². The standard InChI is InChI=1S/C14H30N4.HI/c1-13(2)7-8-16-14(15-3)17-9-12-18-10-5-4-6-11-18;/h13H,4-12H2,1-3H3,(H2,15,16,17);1H. The number of rotatable bonds is 6. The highest BCUT2D eigenvalue weighted by Crippen LogP contribution is 2.07. The van der Waals surface area contributed by atoms with Crippen molar-refractivity contribution in [1.82, 2.24) is 15.5 Å². The van der Waals surface area contributed by atoms with Gasteiger partial charge in [-0.25, -0.2) is 0 Å². The Kier molecular flexibility index (Phi) is 11.7. The maximum absolute atomic E-state index is 4.24. The van der Waals surface area contributed by atoms with E-state index in [4.69, 9.17) is 0 Å². The minimum absolute atomic E-state index is 0. The summed E-state index contributed by atoms with van der Waals surface area (Å²) >= 11 is 0. The number of likely N-dealkylation sites (tertiary alicyclic amines) is 1. The summed E-state index contributed by atoms with van der Waals surface area (Å²) in [7, 11) is 1.84. The fourth-order valence-corrected chi connectivity index (χ4v) is 2.22. The molecule has 0 atom stereocenters. The molecule has 0 aromatic carbocycles. The third-order valence-corrected chi connectivity index (χ3v) is 3.41. The van der Waals surface area contributed by atoms with Crippen molar-refractivity contribution >= 4 is 29.9 Å². The fourth-order valence-electron chi connectivity index (χ4n) is 2.22. The summed E-state index contributed by atoms with van der Waals surface area (Å²) in [4.78, 5) is 6.78. The summed E-state index contributed by atoms with van der Waals surface area (Å²) in [5.74, 6) is 1.68. The van der Waals surface area contributed by atoms with E-state index in [-0.39, 0.29) is 24.0 Å². The number of aliphatic imine (C=N–C) groups is 1. The molecule has 1 fully saturated rings. The van der Waals surface area contributed by atoms with Crippen LogP contribution in [0.3, 0.4) is 0 Å². The Bertz CT molecular complexity index is 238. The van der Waals surface area contributed by atoms with E-state index in [1.54, 1.807) is 0 Å². The molecule has 5 heteroatoms. The maximum atomic E-state index is 4.24. The van der Waals surface area contributed by atoms with E-state index in [1.807, 2.05) is 7.05 Å². The first-order valence-corrected chi connectivity index (χ1v) is 7.39. The van der Waals surface area contributed by atoms with Crippen LogP contribution in [0.25, 0.3) is 0 Å². The first-order valence-electron chi connectivity index (χ1n) is 7.39. The minimum Gasteiger partial charge on any atom is -0.356 e. The van der Waals surface area contributed by atoms with Gasteiger partial charge in [-0.2, -0.15) is 0 Å². The first-order chi connectivity index (χ1) is 8.72. The van der Waals surface area contributed by atoms with Gasteiger partial charge in [-0.15, -0.1) is 24.0 Å². The van der Waals surface area contributed by atoms with Gasteiger partial charge in [0.25, 0.3) is 0 Å². The van der Waals surface area contributed by atoms with Gasteiger partial charge >= 0.3 is 0 Å². The number of guanidine groups is 1. The van der Waals surface area contributed by atoms with Crippen molar-refractivity contribution in [2.75, 3.05) is 39.8 Å². The lowest BCUT2D eigenvalue weighted by molar-refractivity contribution is 0.232. The van der Waals surface area contributed by atoms with Crippen LogP contribution in [0.4, 0.5) is 0 Å². The van der Waals surface area contributed by atoms with Gasteiger partial charge in [0.1, 0.15) is 0 Å². The van der Waals surface area contributed by atoms with Gasteiger partial charge in [0.2, 0.25) is 0 Å². The summed E-state index contributed by atoms with van der Waals surface area (Å²) in [5.41, 5.74) is 0. The largest absolute Gasteiger partial charge is 0.356 e. The molecule has 0 aromatic rings. The Labute approximate surface area is 135 Å². The molecule has 0 radical (unpaired) electrons. The van der Waals surface area contributed by atoms with Gasteiger partial charge in [0.15, 0.2) is 5.96 Å². The van der Waals surface area contributed by atoms with Gasteiger partial charge in [-0.1, -0.05) is 20.3 Å². The topological polar surface area (TPSA) is 39.7 Å². The van der Waals surface area contributed by atoms with Crippen molar-refractivity contribution in [3.8, 4) is 0 Å². The zero-order valence-electron chi connectivity index (χ0n) is 12.7. The van der Waals surface area contributed by atoms with E-state index < -0.39 is 0 Å². The third kappa shape index (κ3) is 9.49. The molecule has 0 aliphatic carbocycles. The molecule has 1 saturated heterocycles. The van der Waals surface area contributed by atoms with Crippen LogP contribution in [0.15, 0.2) is 4.99 Å². The molecule has 114 valence electrons. The Hall–Kier alpha value is -0.0400. The van der Waals surface area contributed by atoms with Crippen LogP contribution < -0.4 is 10.6 Å². The van der Waals surface area contributed by atoms with Gasteiger partial charge in [0, 0.05) is 26.7 Å². The number of nitrogens with zero attached hydrogens (tertiary/aromatic N) is 2. The van der Waals surface area contributed by atoms with Gasteiger partial charge in [-0.05, 0) is 38.3 Å². The van der Waals surface area contributed by atoms with Crippen LogP contribution >= 0.6 is 24.0 Å². The highest BCUT2D eigenvalue weighted by molar-refractivity contribution is 14.0. The zero-order chi connectivity index (χ0) is 13.2. The van der Waals surface area contributed by atoms with Crippen LogP contribution in [0.1, 0.15) is 39.5 Å². The summed E-state index contributed by atoms with van der Waals surface area (Å²) in [5, 5.41) is 6.75. The average Bonchev–Trinajstić information content (AvgIpc) is 2.38. The van der Waals surface area contributed by atoms with E-state index in [0.717, 1.165) is 31.5 Å². The molecule has 1 aliphatic heterocycles. The monoisotopic (exact) mass is 382 g/mol. The predicted molar refractivity (Wildman–Crippen MR) is 94.5 cm³/mol. The highest BCUT2D eigenvalue weighted by atomic mass is 127. The quantitative estimate of drug-likeness (QED) is 0.421. The molecule has 0 spiro atoms. The minimum atomic E-state index is 0. The van der Waals surface area contributed by atoms with Gasteiger partial charge in [0.05, 0.1) is 0 Å². The fraction of sp³-hybridized carbons (Fsp3) is 0.929. The van der Waals surface area contributed by atoms with Crippen molar-refractivity contribution in [3.63, 3.8) is 0 Å². The lowest BCUT2D eigenvalue weighted by Gasteiger charge is -2.26. The molecular weight excluding hydrogens is 351 g/mol. The molecule has 4 nitrogen and oxygen atoms in total. The summed E-state index contributed by atoms with van der Waals surface area (Å²) < 4.78 is 0. The van der Waals surface area contributed by atoms with E-state index in [9.17, 15) is 0 Å². The summed E-state index contributed by atoms with van der Waals surface area (Å²) in [6.45, 7) is 10.1. The van der Waals surface area contributed by atoms with Crippen LogP contribution in [0, 0.1) is 5.92 Å². The van der Waals surface area contributed by atoms with Crippen molar-refractivity contribution in [2.45, 2.75) is 39.5 Å². The molecule has 1 heterocycles. The van der Waals surface area contributed by atoms with Crippen LogP contribution in [0.5, 0.6) is 0 Å². The molecule has 1 rings (SSSR count). The lowest BCUT2D eigenvalue weighted by Crippen LogP contribution is -2.43. The molecule has 2 N–H and O–H groups in total. The number of piperidine rings is 1. The Morgan fingerprint density at radius 3 is 2.32 bits per heavy atom. The number of nitrogens with one attached hydrogen (secondary N) is 2. The van der Waals surface area contributed by atoms with Gasteiger partial charge < -0.3 is 15.5 Å². The van der Waals surface area contributed by atoms with Crippen LogP contribution in [-0.4, -0.2) is 50.6 Å². The lowest BCUT2D eigenvalue weighted by atomic mass is 10.1. The summed E-state index contributed by atoms with van der Waals surface area (Å²) in [6.07, 6.45) is 5.32. The highest BCUT2D eigenvalue weighted by Gasteiger charge is 2.09. The molecule has 1 aliphatic rings. The van der Waals surface area contributed by atoms with E-state index >= 15 is 0 Å². The normalized spacial score (nSPS) is 17.2. The molecule has 0 aromatic heterocycles. The third-order valence-electron chi connectivity index (χ3n) is 3.41. The molecule has 0 unspecified atom stereocenters. The average molecular weight is 382 g/mol. The maximum Gasteiger partial charge on any atom is 0.191 e. The van der Waals surface area contributed by atoms with E-state index in [1.165, 1.54) is 38.8 Å². The number of halogens is 1. The first kappa shape index (κ1) is 19.0. The van der Waals surface area contributed by atoms with E-state index in [2.05, 4.69) is 34.4 Å². The molecule has 0 bridgehead atoms.